The molecule has 1 aliphatic heterocycles. The van der Waals surface area contributed by atoms with E-state index in [4.69, 9.17) is 0 Å². The Morgan fingerprint density at radius 3 is 2.24 bits per heavy atom. The van der Waals surface area contributed by atoms with Gasteiger partial charge in [-0.05, 0) is 32.0 Å². The summed E-state index contributed by atoms with van der Waals surface area (Å²) in [6.07, 6.45) is 1.54. The van der Waals surface area contributed by atoms with Crippen LogP contribution in [0.3, 0.4) is 0 Å². The molecular formula is C19H22N2O3S. The molecule has 25 heavy (non-hydrogen) atoms. The molecule has 1 fully saturated rings. The van der Waals surface area contributed by atoms with Crippen LogP contribution in [-0.2, 0) is 10.0 Å². The van der Waals surface area contributed by atoms with Gasteiger partial charge >= 0.3 is 0 Å². The van der Waals surface area contributed by atoms with Crippen LogP contribution in [0.4, 0.5) is 0 Å². The van der Waals surface area contributed by atoms with Gasteiger partial charge in [0.05, 0.1) is 4.90 Å². The van der Waals surface area contributed by atoms with Crippen molar-refractivity contribution in [2.24, 2.45) is 0 Å². The maximum atomic E-state index is 13.1. The second-order valence-corrected chi connectivity index (χ2v) is 8.06. The lowest BCUT2D eigenvalue weighted by Crippen LogP contribution is -2.44. The van der Waals surface area contributed by atoms with E-state index < -0.39 is 10.0 Å². The van der Waals surface area contributed by atoms with Gasteiger partial charge < -0.3 is 5.32 Å². The first-order valence-corrected chi connectivity index (χ1v) is 9.84. The molecule has 3 rings (SSSR count). The summed E-state index contributed by atoms with van der Waals surface area (Å²) in [7, 11) is -1.80. The van der Waals surface area contributed by atoms with Crippen molar-refractivity contribution in [3.63, 3.8) is 0 Å². The molecule has 5 nitrogen and oxygen atoms in total. The minimum absolute atomic E-state index is 0.0896. The van der Waals surface area contributed by atoms with Crippen LogP contribution in [0.5, 0.6) is 0 Å². The zero-order chi connectivity index (χ0) is 17.9. The summed E-state index contributed by atoms with van der Waals surface area (Å²) in [5, 5.41) is 3.19. The van der Waals surface area contributed by atoms with Crippen molar-refractivity contribution in [2.45, 2.75) is 23.8 Å². The molecule has 1 N–H and O–H groups in total. The lowest BCUT2D eigenvalue weighted by molar-refractivity contribution is 0.103. The summed E-state index contributed by atoms with van der Waals surface area (Å²) < 4.78 is 27.7. The fraction of sp³-hybridized carbons (Fsp3) is 0.316. The van der Waals surface area contributed by atoms with Gasteiger partial charge in [0.15, 0.2) is 5.78 Å². The lowest BCUT2D eigenvalue weighted by Gasteiger charge is -2.31. The number of hydrogen-bond acceptors (Lipinski definition) is 4. The summed E-state index contributed by atoms with van der Waals surface area (Å²) >= 11 is 0. The molecule has 0 spiro atoms. The largest absolute Gasteiger partial charge is 0.317 e. The summed E-state index contributed by atoms with van der Waals surface area (Å²) in [6.45, 7) is 0.920. The summed E-state index contributed by atoms with van der Waals surface area (Å²) in [5.41, 5.74) is 0.712. The summed E-state index contributed by atoms with van der Waals surface area (Å²) in [4.78, 5) is 12.9. The fourth-order valence-electron chi connectivity index (χ4n) is 3.15. The van der Waals surface area contributed by atoms with Crippen LogP contribution >= 0.6 is 0 Å². The maximum absolute atomic E-state index is 13.1. The van der Waals surface area contributed by atoms with E-state index in [1.807, 2.05) is 13.1 Å². The highest BCUT2D eigenvalue weighted by Gasteiger charge is 2.31. The zero-order valence-electron chi connectivity index (χ0n) is 14.2. The van der Waals surface area contributed by atoms with E-state index >= 15 is 0 Å². The van der Waals surface area contributed by atoms with Crippen molar-refractivity contribution in [3.8, 4) is 0 Å². The Kier molecular flexibility index (Phi) is 5.32. The molecule has 0 bridgehead atoms. The molecule has 0 unspecified atom stereocenters. The Morgan fingerprint density at radius 1 is 1.00 bits per heavy atom. The van der Waals surface area contributed by atoms with Crippen LogP contribution in [0, 0.1) is 0 Å². The first-order valence-electron chi connectivity index (χ1n) is 8.40. The number of rotatable bonds is 5. The number of carbonyl (C=O) groups is 1. The molecule has 2 aromatic carbocycles. The Morgan fingerprint density at radius 2 is 1.60 bits per heavy atom. The van der Waals surface area contributed by atoms with E-state index in [2.05, 4.69) is 5.32 Å². The van der Waals surface area contributed by atoms with Crippen LogP contribution in [0.25, 0.3) is 0 Å². The van der Waals surface area contributed by atoms with Crippen molar-refractivity contribution >= 4 is 15.8 Å². The highest BCUT2D eigenvalue weighted by Crippen LogP contribution is 2.25. The average molecular weight is 358 g/mol. The van der Waals surface area contributed by atoms with E-state index in [1.165, 1.54) is 10.4 Å². The van der Waals surface area contributed by atoms with Crippen LogP contribution in [0.2, 0.25) is 0 Å². The number of piperidine rings is 1. The number of nitrogens with one attached hydrogen (secondary N) is 1. The predicted molar refractivity (Wildman–Crippen MR) is 97.2 cm³/mol. The van der Waals surface area contributed by atoms with E-state index in [0.717, 1.165) is 12.8 Å². The lowest BCUT2D eigenvalue weighted by atomic mass is 10.0. The Bertz CT molecular complexity index is 842. The van der Waals surface area contributed by atoms with E-state index in [9.17, 15) is 13.2 Å². The standard InChI is InChI=1S/C19H22N2O3S/c1-20-16-11-13-21(14-12-16)25(23,24)18-10-6-5-9-17(18)19(22)15-7-3-2-4-8-15/h2-10,16,20H,11-14H2,1H3. The number of sulfonamides is 1. The Balaban J connectivity index is 1.94. The molecule has 1 saturated heterocycles. The van der Waals surface area contributed by atoms with Crippen LogP contribution in [-0.4, -0.2) is 44.7 Å². The molecule has 132 valence electrons. The second-order valence-electron chi connectivity index (χ2n) is 6.16. The van der Waals surface area contributed by atoms with Gasteiger partial charge in [-0.2, -0.15) is 4.31 Å². The summed E-state index contributed by atoms with van der Waals surface area (Å²) in [6, 6.07) is 15.6. The van der Waals surface area contributed by atoms with E-state index in [-0.39, 0.29) is 16.2 Å². The first kappa shape index (κ1) is 17.8. The van der Waals surface area contributed by atoms with Gasteiger partial charge in [-0.3, -0.25) is 4.79 Å². The highest BCUT2D eigenvalue weighted by atomic mass is 32.2. The van der Waals surface area contributed by atoms with Crippen LogP contribution in [0.1, 0.15) is 28.8 Å². The van der Waals surface area contributed by atoms with Gasteiger partial charge in [0.25, 0.3) is 0 Å². The number of hydrogen-bond donors (Lipinski definition) is 1. The average Bonchev–Trinajstić information content (AvgIpc) is 2.68. The fourth-order valence-corrected chi connectivity index (χ4v) is 4.81. The topological polar surface area (TPSA) is 66.5 Å². The molecule has 0 aromatic heterocycles. The Hall–Kier alpha value is -2.02. The van der Waals surface area contributed by atoms with Crippen LogP contribution < -0.4 is 5.32 Å². The number of carbonyl (C=O) groups excluding carboxylic acids is 1. The van der Waals surface area contributed by atoms with Gasteiger partial charge in [-0.15, -0.1) is 0 Å². The number of ketones is 1. The zero-order valence-corrected chi connectivity index (χ0v) is 15.0. The first-order chi connectivity index (χ1) is 12.0. The molecular weight excluding hydrogens is 336 g/mol. The Labute approximate surface area is 148 Å². The third kappa shape index (κ3) is 3.66. The normalized spacial score (nSPS) is 16.7. The molecule has 0 amide bonds. The van der Waals surface area contributed by atoms with Crippen molar-refractivity contribution in [2.75, 3.05) is 20.1 Å². The number of benzene rings is 2. The molecule has 0 saturated carbocycles. The SMILES string of the molecule is CNC1CCN(S(=O)(=O)c2ccccc2C(=O)c2ccccc2)CC1. The minimum atomic E-state index is -3.69. The molecule has 6 heteroatoms. The van der Waals surface area contributed by atoms with Crippen molar-refractivity contribution in [1.82, 2.24) is 9.62 Å². The van der Waals surface area contributed by atoms with Gasteiger partial charge in [-0.1, -0.05) is 42.5 Å². The third-order valence-corrected chi connectivity index (χ3v) is 6.60. The number of nitrogens with zero attached hydrogens (tertiary/aromatic N) is 1. The van der Waals surface area contributed by atoms with Crippen molar-refractivity contribution < 1.29 is 13.2 Å². The predicted octanol–water partition coefficient (Wildman–Crippen LogP) is 2.29. The maximum Gasteiger partial charge on any atom is 0.243 e. The molecule has 1 aliphatic rings. The summed E-state index contributed by atoms with van der Waals surface area (Å²) in [5.74, 6) is -0.273. The third-order valence-electron chi connectivity index (χ3n) is 4.65. The van der Waals surface area contributed by atoms with Gasteiger partial charge in [-0.25, -0.2) is 8.42 Å². The minimum Gasteiger partial charge on any atom is -0.317 e. The van der Waals surface area contributed by atoms with Gasteiger partial charge in [0, 0.05) is 30.3 Å². The molecule has 0 atom stereocenters. The monoisotopic (exact) mass is 358 g/mol. The van der Waals surface area contributed by atoms with Gasteiger partial charge in [0.1, 0.15) is 0 Å². The molecule has 0 aliphatic carbocycles. The van der Waals surface area contributed by atoms with E-state index in [1.54, 1.807) is 42.5 Å². The van der Waals surface area contributed by atoms with E-state index in [0.29, 0.717) is 24.7 Å². The second kappa shape index (κ2) is 7.47. The molecule has 2 aromatic rings. The van der Waals surface area contributed by atoms with Crippen molar-refractivity contribution in [3.05, 3.63) is 65.7 Å². The van der Waals surface area contributed by atoms with Gasteiger partial charge in [0.2, 0.25) is 10.0 Å². The quantitative estimate of drug-likeness (QED) is 0.833. The molecule has 1 heterocycles. The smallest absolute Gasteiger partial charge is 0.243 e. The molecule has 0 radical (unpaired) electrons. The van der Waals surface area contributed by atoms with Crippen molar-refractivity contribution in [1.29, 1.82) is 0 Å². The highest BCUT2D eigenvalue weighted by molar-refractivity contribution is 7.89. The van der Waals surface area contributed by atoms with Crippen LogP contribution in [0.15, 0.2) is 59.5 Å².